The first kappa shape index (κ1) is 18.9. The molecule has 0 spiro atoms. The molecule has 0 saturated carbocycles. The van der Waals surface area contributed by atoms with Crippen molar-refractivity contribution in [2.24, 2.45) is 0 Å². The molecule has 0 saturated heterocycles. The van der Waals surface area contributed by atoms with E-state index in [0.29, 0.717) is 11.4 Å². The summed E-state index contributed by atoms with van der Waals surface area (Å²) in [7, 11) is -0.577. The quantitative estimate of drug-likeness (QED) is 0.677. The second-order valence-corrected chi connectivity index (χ2v) is 7.51. The molecule has 7 heteroatoms. The lowest BCUT2D eigenvalue weighted by molar-refractivity contribution is 0.413. The van der Waals surface area contributed by atoms with Crippen LogP contribution in [0.15, 0.2) is 71.8 Å². The highest BCUT2D eigenvalue weighted by Crippen LogP contribution is 2.24. The lowest BCUT2D eigenvalue weighted by Gasteiger charge is -2.11. The Kier molecular flexibility index (Phi) is 5.73. The summed E-state index contributed by atoms with van der Waals surface area (Å²) in [5.74, 6) is 1.23. The fourth-order valence-corrected chi connectivity index (χ4v) is 3.66. The predicted molar refractivity (Wildman–Crippen MR) is 103 cm³/mol. The minimum atomic E-state index is -3.68. The average molecular weight is 384 g/mol. The van der Waals surface area contributed by atoms with Crippen LogP contribution in [0.3, 0.4) is 0 Å². The van der Waals surface area contributed by atoms with Crippen molar-refractivity contribution in [1.82, 2.24) is 9.71 Å². The Morgan fingerprint density at radius 1 is 0.926 bits per heavy atom. The molecule has 0 atom stereocenters. The van der Waals surface area contributed by atoms with Crippen LogP contribution >= 0.6 is 0 Å². The van der Waals surface area contributed by atoms with Gasteiger partial charge in [0.05, 0.1) is 24.8 Å². The van der Waals surface area contributed by atoms with Crippen molar-refractivity contribution in [3.8, 4) is 22.8 Å². The number of methoxy groups -OCH3 is 2. The van der Waals surface area contributed by atoms with Crippen molar-refractivity contribution in [2.75, 3.05) is 14.2 Å². The third-order valence-electron chi connectivity index (χ3n) is 4.06. The van der Waals surface area contributed by atoms with Gasteiger partial charge in [0, 0.05) is 24.4 Å². The molecular weight excluding hydrogens is 364 g/mol. The molecule has 0 aliphatic heterocycles. The van der Waals surface area contributed by atoms with Crippen molar-refractivity contribution in [1.29, 1.82) is 0 Å². The van der Waals surface area contributed by atoms with Crippen LogP contribution in [-0.2, 0) is 16.6 Å². The monoisotopic (exact) mass is 384 g/mol. The van der Waals surface area contributed by atoms with E-state index in [9.17, 15) is 8.42 Å². The van der Waals surface area contributed by atoms with E-state index >= 15 is 0 Å². The second-order valence-electron chi connectivity index (χ2n) is 5.74. The molecule has 1 aromatic heterocycles. The Balaban J connectivity index is 1.83. The van der Waals surface area contributed by atoms with Crippen molar-refractivity contribution in [2.45, 2.75) is 11.4 Å². The second kappa shape index (κ2) is 8.20. The van der Waals surface area contributed by atoms with Gasteiger partial charge in [0.15, 0.2) is 0 Å². The summed E-state index contributed by atoms with van der Waals surface area (Å²) < 4.78 is 38.1. The minimum Gasteiger partial charge on any atom is -0.497 e. The zero-order valence-electron chi connectivity index (χ0n) is 15.0. The molecule has 1 heterocycles. The summed E-state index contributed by atoms with van der Waals surface area (Å²) in [5, 5.41) is 0. The molecule has 0 bridgehead atoms. The molecule has 27 heavy (non-hydrogen) atoms. The summed E-state index contributed by atoms with van der Waals surface area (Å²) in [6.45, 7) is 0.120. The number of ether oxygens (including phenoxy) is 2. The smallest absolute Gasteiger partial charge is 0.241 e. The van der Waals surface area contributed by atoms with Gasteiger partial charge in [0.2, 0.25) is 10.0 Å². The molecule has 0 radical (unpaired) electrons. The average Bonchev–Trinajstić information content (AvgIpc) is 2.72. The van der Waals surface area contributed by atoms with E-state index in [1.807, 2.05) is 30.3 Å². The van der Waals surface area contributed by atoms with E-state index in [-0.39, 0.29) is 11.4 Å². The molecule has 0 aliphatic rings. The van der Waals surface area contributed by atoms with Gasteiger partial charge >= 0.3 is 0 Å². The van der Waals surface area contributed by atoms with Gasteiger partial charge in [0.25, 0.3) is 0 Å². The molecule has 3 aromatic rings. The maximum absolute atomic E-state index is 12.6. The Bertz CT molecular complexity index is 1020. The van der Waals surface area contributed by atoms with Gasteiger partial charge in [0.1, 0.15) is 11.5 Å². The Morgan fingerprint density at radius 3 is 2.37 bits per heavy atom. The highest BCUT2D eigenvalue weighted by Gasteiger charge is 2.16. The number of aromatic nitrogens is 1. The van der Waals surface area contributed by atoms with Crippen LogP contribution < -0.4 is 14.2 Å². The summed E-state index contributed by atoms with van der Waals surface area (Å²) in [6, 6.07) is 17.4. The Morgan fingerprint density at radius 2 is 1.67 bits per heavy atom. The third-order valence-corrected chi connectivity index (χ3v) is 5.46. The zero-order valence-corrected chi connectivity index (χ0v) is 15.9. The summed E-state index contributed by atoms with van der Waals surface area (Å²) in [6.07, 6.45) is 1.68. The first-order valence-corrected chi connectivity index (χ1v) is 9.74. The lowest BCUT2D eigenvalue weighted by Crippen LogP contribution is -2.23. The molecule has 0 amide bonds. The highest BCUT2D eigenvalue weighted by atomic mass is 32.2. The van der Waals surface area contributed by atoms with Crippen LogP contribution in [0.4, 0.5) is 0 Å². The molecule has 3 rings (SSSR count). The van der Waals surface area contributed by atoms with Crippen molar-refractivity contribution in [3.63, 3.8) is 0 Å². The number of sulfonamides is 1. The van der Waals surface area contributed by atoms with Gasteiger partial charge in [-0.05, 0) is 48.0 Å². The Labute approximate surface area is 158 Å². The fourth-order valence-electron chi connectivity index (χ4n) is 2.61. The van der Waals surface area contributed by atoms with Gasteiger partial charge in [-0.3, -0.25) is 4.98 Å². The number of pyridine rings is 1. The fraction of sp³-hybridized carbons (Fsp3) is 0.150. The SMILES string of the molecule is COc1ccc(-c2ncccc2CNS(=O)(=O)c2cccc(OC)c2)cc1. The van der Waals surface area contributed by atoms with Gasteiger partial charge in [-0.15, -0.1) is 0 Å². The zero-order chi connectivity index (χ0) is 19.3. The minimum absolute atomic E-state index is 0.120. The molecule has 2 aromatic carbocycles. The van der Waals surface area contributed by atoms with E-state index in [1.165, 1.54) is 19.2 Å². The first-order chi connectivity index (χ1) is 13.0. The highest BCUT2D eigenvalue weighted by molar-refractivity contribution is 7.89. The van der Waals surface area contributed by atoms with Gasteiger partial charge in [-0.2, -0.15) is 0 Å². The molecular formula is C20H20N2O4S. The molecule has 1 N–H and O–H groups in total. The maximum Gasteiger partial charge on any atom is 0.241 e. The van der Waals surface area contributed by atoms with Crippen LogP contribution in [0.5, 0.6) is 11.5 Å². The van der Waals surface area contributed by atoms with Crippen molar-refractivity contribution < 1.29 is 17.9 Å². The summed E-state index contributed by atoms with van der Waals surface area (Å²) in [5.41, 5.74) is 2.37. The lowest BCUT2D eigenvalue weighted by atomic mass is 10.1. The normalized spacial score (nSPS) is 11.2. The molecule has 6 nitrogen and oxygen atoms in total. The summed E-state index contributed by atoms with van der Waals surface area (Å²) >= 11 is 0. The summed E-state index contributed by atoms with van der Waals surface area (Å²) in [4.78, 5) is 4.56. The molecule has 0 unspecified atom stereocenters. The number of rotatable bonds is 7. The van der Waals surface area contributed by atoms with Crippen molar-refractivity contribution in [3.05, 3.63) is 72.4 Å². The van der Waals surface area contributed by atoms with E-state index < -0.39 is 10.0 Å². The van der Waals surface area contributed by atoms with Crippen LogP contribution in [-0.4, -0.2) is 27.6 Å². The van der Waals surface area contributed by atoms with Crippen LogP contribution in [0.2, 0.25) is 0 Å². The topological polar surface area (TPSA) is 77.5 Å². The largest absolute Gasteiger partial charge is 0.497 e. The van der Waals surface area contributed by atoms with E-state index in [4.69, 9.17) is 9.47 Å². The molecule has 0 fully saturated rings. The van der Waals surface area contributed by atoms with Crippen LogP contribution in [0.25, 0.3) is 11.3 Å². The van der Waals surface area contributed by atoms with Gasteiger partial charge in [-0.25, -0.2) is 13.1 Å². The van der Waals surface area contributed by atoms with Gasteiger partial charge in [-0.1, -0.05) is 12.1 Å². The Hall–Kier alpha value is -2.90. The number of hydrogen-bond donors (Lipinski definition) is 1. The van der Waals surface area contributed by atoms with Crippen LogP contribution in [0.1, 0.15) is 5.56 Å². The number of hydrogen-bond acceptors (Lipinski definition) is 5. The van der Waals surface area contributed by atoms with E-state index in [2.05, 4.69) is 9.71 Å². The van der Waals surface area contributed by atoms with Crippen molar-refractivity contribution >= 4 is 10.0 Å². The number of benzene rings is 2. The number of nitrogens with one attached hydrogen (secondary N) is 1. The van der Waals surface area contributed by atoms with E-state index in [1.54, 1.807) is 31.5 Å². The predicted octanol–water partition coefficient (Wildman–Crippen LogP) is 3.24. The van der Waals surface area contributed by atoms with Crippen LogP contribution in [0, 0.1) is 0 Å². The number of nitrogens with zero attached hydrogens (tertiary/aromatic N) is 1. The van der Waals surface area contributed by atoms with Gasteiger partial charge < -0.3 is 9.47 Å². The van der Waals surface area contributed by atoms with E-state index in [0.717, 1.165) is 16.9 Å². The maximum atomic E-state index is 12.6. The third kappa shape index (κ3) is 4.45. The molecule has 140 valence electrons. The standard InChI is InChI=1S/C20H20N2O4S/c1-25-17-10-8-15(9-11-17)20-16(5-4-12-21-20)14-22-27(23,24)19-7-3-6-18(13-19)26-2/h3-13,22H,14H2,1-2H3. The first-order valence-electron chi connectivity index (χ1n) is 8.25. The molecule has 0 aliphatic carbocycles.